The summed E-state index contributed by atoms with van der Waals surface area (Å²) in [5, 5.41) is 3.00. The second-order valence-electron chi connectivity index (χ2n) is 6.24. The number of aryl methyl sites for hydroxylation is 3. The van der Waals surface area contributed by atoms with Gasteiger partial charge in [0.25, 0.3) is 0 Å². The Morgan fingerprint density at radius 1 is 1.39 bits per heavy atom. The molecular formula is C17H23N5O. The van der Waals surface area contributed by atoms with Crippen LogP contribution in [0.25, 0.3) is 0 Å². The molecule has 0 aliphatic carbocycles. The van der Waals surface area contributed by atoms with Gasteiger partial charge in [-0.1, -0.05) is 0 Å². The van der Waals surface area contributed by atoms with Crippen LogP contribution in [0.5, 0.6) is 0 Å². The highest BCUT2D eigenvalue weighted by atomic mass is 16.2. The molecule has 3 heterocycles. The Morgan fingerprint density at radius 2 is 2.22 bits per heavy atom. The minimum atomic E-state index is -0.0123. The summed E-state index contributed by atoms with van der Waals surface area (Å²) >= 11 is 0. The van der Waals surface area contributed by atoms with Crippen molar-refractivity contribution in [2.45, 2.75) is 32.7 Å². The van der Waals surface area contributed by atoms with Gasteiger partial charge in [0.15, 0.2) is 0 Å². The van der Waals surface area contributed by atoms with E-state index in [0.717, 1.165) is 42.2 Å². The molecule has 6 heteroatoms. The summed E-state index contributed by atoms with van der Waals surface area (Å²) in [4.78, 5) is 22.9. The zero-order valence-electron chi connectivity index (χ0n) is 13.9. The molecule has 1 unspecified atom stereocenters. The van der Waals surface area contributed by atoms with Crippen LogP contribution in [0.3, 0.4) is 0 Å². The van der Waals surface area contributed by atoms with Crippen molar-refractivity contribution in [1.29, 1.82) is 0 Å². The van der Waals surface area contributed by atoms with Crippen molar-refractivity contribution in [2.24, 2.45) is 7.05 Å². The second kappa shape index (κ2) is 6.40. The molecule has 2 amide bonds. The molecule has 1 saturated heterocycles. The van der Waals surface area contributed by atoms with Crippen molar-refractivity contribution in [3.05, 3.63) is 47.3 Å². The molecule has 0 aromatic carbocycles. The number of aromatic nitrogens is 3. The number of imidazole rings is 1. The summed E-state index contributed by atoms with van der Waals surface area (Å²) in [6, 6.07) is 2.02. The molecule has 1 aliphatic rings. The molecule has 1 N–H and O–H groups in total. The number of amides is 2. The van der Waals surface area contributed by atoms with Crippen molar-refractivity contribution in [1.82, 2.24) is 24.8 Å². The number of pyridine rings is 1. The van der Waals surface area contributed by atoms with E-state index in [0.29, 0.717) is 12.5 Å². The molecule has 122 valence electrons. The molecule has 0 bridgehead atoms. The van der Waals surface area contributed by atoms with Crippen LogP contribution in [0, 0.1) is 13.8 Å². The highest BCUT2D eigenvalue weighted by Gasteiger charge is 2.29. The van der Waals surface area contributed by atoms with E-state index in [4.69, 9.17) is 0 Å². The van der Waals surface area contributed by atoms with E-state index in [1.807, 2.05) is 55.0 Å². The normalized spacial score (nSPS) is 17.5. The highest BCUT2D eigenvalue weighted by Crippen LogP contribution is 2.25. The predicted molar refractivity (Wildman–Crippen MR) is 88.1 cm³/mol. The van der Waals surface area contributed by atoms with Crippen molar-refractivity contribution < 1.29 is 4.79 Å². The van der Waals surface area contributed by atoms with Gasteiger partial charge in [-0.3, -0.25) is 4.98 Å². The van der Waals surface area contributed by atoms with E-state index in [-0.39, 0.29) is 6.03 Å². The molecular weight excluding hydrogens is 290 g/mol. The molecule has 2 aromatic heterocycles. The van der Waals surface area contributed by atoms with Crippen LogP contribution in [0.2, 0.25) is 0 Å². The van der Waals surface area contributed by atoms with Gasteiger partial charge in [0, 0.05) is 56.9 Å². The fourth-order valence-corrected chi connectivity index (χ4v) is 3.12. The second-order valence-corrected chi connectivity index (χ2v) is 6.24. The van der Waals surface area contributed by atoms with Crippen molar-refractivity contribution in [2.75, 3.05) is 13.1 Å². The third-order valence-electron chi connectivity index (χ3n) is 4.49. The molecule has 0 radical (unpaired) electrons. The molecule has 23 heavy (non-hydrogen) atoms. The Labute approximate surface area is 136 Å². The quantitative estimate of drug-likeness (QED) is 0.944. The number of urea groups is 1. The molecule has 1 atom stereocenters. The molecule has 3 rings (SSSR count). The van der Waals surface area contributed by atoms with Gasteiger partial charge >= 0.3 is 6.03 Å². The number of nitrogens with one attached hydrogen (secondary N) is 1. The smallest absolute Gasteiger partial charge is 0.317 e. The molecule has 2 aromatic rings. The maximum Gasteiger partial charge on any atom is 0.317 e. The Kier molecular flexibility index (Phi) is 4.32. The first-order chi connectivity index (χ1) is 11.0. The van der Waals surface area contributed by atoms with Crippen molar-refractivity contribution in [3.8, 4) is 0 Å². The summed E-state index contributed by atoms with van der Waals surface area (Å²) in [5.41, 5.74) is 3.21. The Balaban J connectivity index is 1.56. The molecule has 1 fully saturated rings. The number of nitrogens with zero attached hydrogens (tertiary/aromatic N) is 4. The lowest BCUT2D eigenvalue weighted by Gasteiger charge is -2.18. The zero-order valence-corrected chi connectivity index (χ0v) is 13.9. The van der Waals surface area contributed by atoms with Gasteiger partial charge in [0.1, 0.15) is 5.82 Å². The summed E-state index contributed by atoms with van der Waals surface area (Å²) < 4.78 is 2.04. The summed E-state index contributed by atoms with van der Waals surface area (Å²) in [6.07, 6.45) is 6.56. The number of hydrogen-bond donors (Lipinski definition) is 1. The number of carbonyl (C=O) groups excluding carboxylic acids is 1. The lowest BCUT2D eigenvalue weighted by Crippen LogP contribution is -2.38. The first-order valence-electron chi connectivity index (χ1n) is 7.96. The van der Waals surface area contributed by atoms with Gasteiger partial charge in [-0.2, -0.15) is 0 Å². The Hall–Kier alpha value is -2.37. The first kappa shape index (κ1) is 15.5. The van der Waals surface area contributed by atoms with Gasteiger partial charge in [0.05, 0.1) is 0 Å². The number of likely N-dealkylation sites (tertiary alicyclic amines) is 1. The van der Waals surface area contributed by atoms with Crippen molar-refractivity contribution >= 4 is 6.03 Å². The highest BCUT2D eigenvalue weighted by molar-refractivity contribution is 5.74. The van der Waals surface area contributed by atoms with Crippen LogP contribution < -0.4 is 5.32 Å². The fourth-order valence-electron chi connectivity index (χ4n) is 3.12. The van der Waals surface area contributed by atoms with Crippen LogP contribution in [0.15, 0.2) is 24.7 Å². The van der Waals surface area contributed by atoms with E-state index >= 15 is 0 Å². The van der Waals surface area contributed by atoms with Gasteiger partial charge in [-0.05, 0) is 37.5 Å². The van der Waals surface area contributed by atoms with Crippen LogP contribution in [0.4, 0.5) is 4.79 Å². The monoisotopic (exact) mass is 313 g/mol. The minimum Gasteiger partial charge on any atom is -0.338 e. The van der Waals surface area contributed by atoms with Crippen LogP contribution in [-0.4, -0.2) is 38.6 Å². The summed E-state index contributed by atoms with van der Waals surface area (Å²) in [7, 11) is 2.00. The average Bonchev–Trinajstić information content (AvgIpc) is 3.14. The fraction of sp³-hybridized carbons (Fsp3) is 0.471. The summed E-state index contributed by atoms with van der Waals surface area (Å²) in [5.74, 6) is 1.38. The first-order valence-corrected chi connectivity index (χ1v) is 7.96. The standard InChI is InChI=1S/C17H23N5O/c1-12-8-13(2)19-9-15(12)10-20-17(23)22-6-4-14(11-22)16-18-5-7-21(16)3/h5,7-9,14H,4,6,10-11H2,1-3H3,(H,20,23). The van der Waals surface area contributed by atoms with Crippen molar-refractivity contribution in [3.63, 3.8) is 0 Å². The van der Waals surface area contributed by atoms with Gasteiger partial charge in [-0.15, -0.1) is 0 Å². The molecule has 1 aliphatic heterocycles. The molecule has 6 nitrogen and oxygen atoms in total. The third kappa shape index (κ3) is 3.36. The Morgan fingerprint density at radius 3 is 2.91 bits per heavy atom. The molecule has 0 saturated carbocycles. The number of hydrogen-bond acceptors (Lipinski definition) is 3. The van der Waals surface area contributed by atoms with Gasteiger partial charge in [-0.25, -0.2) is 9.78 Å². The third-order valence-corrected chi connectivity index (χ3v) is 4.49. The van der Waals surface area contributed by atoms with E-state index < -0.39 is 0 Å². The van der Waals surface area contributed by atoms with Crippen LogP contribution >= 0.6 is 0 Å². The van der Waals surface area contributed by atoms with E-state index in [9.17, 15) is 4.79 Å². The number of carbonyl (C=O) groups is 1. The van der Waals surface area contributed by atoms with Crippen LogP contribution in [-0.2, 0) is 13.6 Å². The topological polar surface area (TPSA) is 63.1 Å². The van der Waals surface area contributed by atoms with Crippen LogP contribution in [0.1, 0.15) is 35.0 Å². The van der Waals surface area contributed by atoms with E-state index in [2.05, 4.69) is 15.3 Å². The lowest BCUT2D eigenvalue weighted by atomic mass is 10.1. The Bertz CT molecular complexity index is 709. The average molecular weight is 313 g/mol. The predicted octanol–water partition coefficient (Wildman–Crippen LogP) is 2.13. The molecule has 0 spiro atoms. The SMILES string of the molecule is Cc1cc(C)c(CNC(=O)N2CCC(c3nccn3C)C2)cn1. The van der Waals surface area contributed by atoms with E-state index in [1.165, 1.54) is 0 Å². The largest absolute Gasteiger partial charge is 0.338 e. The van der Waals surface area contributed by atoms with Gasteiger partial charge < -0.3 is 14.8 Å². The minimum absolute atomic E-state index is 0.0123. The zero-order chi connectivity index (χ0) is 16.4. The maximum absolute atomic E-state index is 12.4. The number of rotatable bonds is 3. The van der Waals surface area contributed by atoms with E-state index in [1.54, 1.807) is 0 Å². The van der Waals surface area contributed by atoms with Gasteiger partial charge in [0.2, 0.25) is 0 Å². The summed E-state index contributed by atoms with van der Waals surface area (Å²) in [6.45, 7) is 6.03. The maximum atomic E-state index is 12.4. The lowest BCUT2D eigenvalue weighted by molar-refractivity contribution is 0.207.